The molecule has 1 aromatic rings. The maximum atomic E-state index is 12.9. The number of anilines is 1. The molecule has 0 amide bonds. The maximum absolute atomic E-state index is 12.9. The minimum absolute atomic E-state index is 0.384. The van der Waals surface area contributed by atoms with Gasteiger partial charge in [-0.15, -0.1) is 0 Å². The molecule has 0 aliphatic rings. The van der Waals surface area contributed by atoms with E-state index in [4.69, 9.17) is 10.5 Å². The van der Waals surface area contributed by atoms with Crippen LogP contribution in [0.5, 0.6) is 0 Å². The molecule has 1 aromatic carbocycles. The molecule has 0 aliphatic heterocycles. The minimum atomic E-state index is -0.726. The van der Waals surface area contributed by atoms with Crippen molar-refractivity contribution in [3.05, 3.63) is 29.6 Å². The second kappa shape index (κ2) is 5.68. The fourth-order valence-corrected chi connectivity index (χ4v) is 1.41. The molecule has 0 radical (unpaired) electrons. The lowest BCUT2D eigenvalue weighted by Gasteiger charge is -2.13. The first-order valence-corrected chi connectivity index (χ1v) is 4.87. The van der Waals surface area contributed by atoms with Crippen molar-refractivity contribution in [2.75, 3.05) is 19.5 Å². The predicted octanol–water partition coefficient (Wildman–Crippen LogP) is 1.87. The molecule has 1 unspecified atom stereocenters. The van der Waals surface area contributed by atoms with Crippen LogP contribution in [0.1, 0.15) is 24.5 Å². The van der Waals surface area contributed by atoms with Crippen LogP contribution in [-0.2, 0) is 4.74 Å². The van der Waals surface area contributed by atoms with Gasteiger partial charge >= 0.3 is 0 Å². The van der Waals surface area contributed by atoms with Gasteiger partial charge in [-0.1, -0.05) is 0 Å². The summed E-state index contributed by atoms with van der Waals surface area (Å²) in [7, 11) is 1.60. The van der Waals surface area contributed by atoms with Gasteiger partial charge in [0.15, 0.2) is 0 Å². The standard InChI is InChI=1S/C11H16FNO2/c1-15-6-2-3-11(14)9-7-8(12)4-5-10(9)13/h4-5,7,11,14H,2-3,6,13H2,1H3. The first-order valence-electron chi connectivity index (χ1n) is 4.87. The summed E-state index contributed by atoms with van der Waals surface area (Å²) in [6, 6.07) is 4.01. The summed E-state index contributed by atoms with van der Waals surface area (Å²) in [5, 5.41) is 9.75. The van der Waals surface area contributed by atoms with E-state index in [1.165, 1.54) is 18.2 Å². The third-order valence-corrected chi connectivity index (χ3v) is 2.23. The number of methoxy groups -OCH3 is 1. The summed E-state index contributed by atoms with van der Waals surface area (Å²) in [4.78, 5) is 0. The van der Waals surface area contributed by atoms with Crippen LogP contribution >= 0.6 is 0 Å². The van der Waals surface area contributed by atoms with Gasteiger partial charge in [0.05, 0.1) is 6.10 Å². The molecule has 84 valence electrons. The molecule has 15 heavy (non-hydrogen) atoms. The Balaban J connectivity index is 2.64. The number of hydrogen-bond acceptors (Lipinski definition) is 3. The molecule has 0 aromatic heterocycles. The van der Waals surface area contributed by atoms with Crippen molar-refractivity contribution in [1.29, 1.82) is 0 Å². The van der Waals surface area contributed by atoms with E-state index in [-0.39, 0.29) is 5.82 Å². The van der Waals surface area contributed by atoms with E-state index in [2.05, 4.69) is 0 Å². The first-order chi connectivity index (χ1) is 7.15. The summed E-state index contributed by atoms with van der Waals surface area (Å²) >= 11 is 0. The summed E-state index contributed by atoms with van der Waals surface area (Å²) in [5.74, 6) is -0.384. The van der Waals surface area contributed by atoms with Crippen molar-refractivity contribution in [1.82, 2.24) is 0 Å². The number of hydrogen-bond donors (Lipinski definition) is 2. The van der Waals surface area contributed by atoms with Crippen LogP contribution in [0.25, 0.3) is 0 Å². The molecular formula is C11H16FNO2. The van der Waals surface area contributed by atoms with E-state index in [9.17, 15) is 9.50 Å². The largest absolute Gasteiger partial charge is 0.398 e. The van der Waals surface area contributed by atoms with E-state index >= 15 is 0 Å². The Bertz CT molecular complexity index is 317. The van der Waals surface area contributed by atoms with Gasteiger partial charge in [-0.25, -0.2) is 4.39 Å². The lowest BCUT2D eigenvalue weighted by molar-refractivity contribution is 0.136. The van der Waals surface area contributed by atoms with Gasteiger partial charge in [0.25, 0.3) is 0 Å². The second-order valence-corrected chi connectivity index (χ2v) is 3.42. The first kappa shape index (κ1) is 11.9. The van der Waals surface area contributed by atoms with E-state index in [1.807, 2.05) is 0 Å². The molecule has 0 aliphatic carbocycles. The summed E-state index contributed by atoms with van der Waals surface area (Å²) < 4.78 is 17.8. The normalized spacial score (nSPS) is 12.7. The summed E-state index contributed by atoms with van der Waals surface area (Å²) in [5.41, 5.74) is 6.50. The average molecular weight is 213 g/mol. The van der Waals surface area contributed by atoms with Gasteiger partial charge in [-0.3, -0.25) is 0 Å². The Kier molecular flexibility index (Phi) is 4.52. The van der Waals surface area contributed by atoms with Crippen molar-refractivity contribution >= 4 is 5.69 Å². The van der Waals surface area contributed by atoms with Gasteiger partial charge in [0.1, 0.15) is 5.82 Å². The van der Waals surface area contributed by atoms with Gasteiger partial charge < -0.3 is 15.6 Å². The Labute approximate surface area is 88.7 Å². The molecule has 0 saturated carbocycles. The van der Waals surface area contributed by atoms with Crippen molar-refractivity contribution in [2.24, 2.45) is 0 Å². The molecule has 0 saturated heterocycles. The van der Waals surface area contributed by atoms with Gasteiger partial charge in [-0.2, -0.15) is 0 Å². The molecule has 4 heteroatoms. The number of aliphatic hydroxyl groups excluding tert-OH is 1. The highest BCUT2D eigenvalue weighted by Crippen LogP contribution is 2.24. The molecule has 1 atom stereocenters. The zero-order chi connectivity index (χ0) is 11.3. The number of rotatable bonds is 5. The second-order valence-electron chi connectivity index (χ2n) is 3.42. The SMILES string of the molecule is COCCCC(O)c1cc(F)ccc1N. The molecule has 1 rings (SSSR count). The average Bonchev–Trinajstić information content (AvgIpc) is 2.22. The number of benzene rings is 1. The lowest BCUT2D eigenvalue weighted by atomic mass is 10.0. The molecule has 0 heterocycles. The lowest BCUT2D eigenvalue weighted by Crippen LogP contribution is -2.04. The van der Waals surface area contributed by atoms with Crippen LogP contribution in [0, 0.1) is 5.82 Å². The van der Waals surface area contributed by atoms with Crippen LogP contribution < -0.4 is 5.73 Å². The highest BCUT2D eigenvalue weighted by Gasteiger charge is 2.11. The number of ether oxygens (including phenoxy) is 1. The number of nitrogens with two attached hydrogens (primary N) is 1. The van der Waals surface area contributed by atoms with Crippen LogP contribution in [0.15, 0.2) is 18.2 Å². The van der Waals surface area contributed by atoms with E-state index in [0.717, 1.165) is 0 Å². The number of halogens is 1. The zero-order valence-corrected chi connectivity index (χ0v) is 8.74. The summed E-state index contributed by atoms with van der Waals surface area (Å²) in [6.45, 7) is 0.576. The molecule has 0 bridgehead atoms. The Morgan fingerprint density at radius 2 is 2.27 bits per heavy atom. The van der Waals surface area contributed by atoms with Gasteiger partial charge in [-0.05, 0) is 31.0 Å². The van der Waals surface area contributed by atoms with E-state index < -0.39 is 6.10 Å². The Morgan fingerprint density at radius 1 is 1.53 bits per heavy atom. The van der Waals surface area contributed by atoms with Crippen LogP contribution in [0.3, 0.4) is 0 Å². The van der Waals surface area contributed by atoms with Crippen LogP contribution in [0.4, 0.5) is 10.1 Å². The highest BCUT2D eigenvalue weighted by molar-refractivity contribution is 5.47. The fourth-order valence-electron chi connectivity index (χ4n) is 1.41. The minimum Gasteiger partial charge on any atom is -0.398 e. The molecule has 0 fully saturated rings. The monoisotopic (exact) mass is 213 g/mol. The Hall–Kier alpha value is -1.13. The maximum Gasteiger partial charge on any atom is 0.123 e. The van der Waals surface area contributed by atoms with E-state index in [1.54, 1.807) is 7.11 Å². The fraction of sp³-hybridized carbons (Fsp3) is 0.455. The third-order valence-electron chi connectivity index (χ3n) is 2.23. The molecule has 0 spiro atoms. The summed E-state index contributed by atoms with van der Waals surface area (Å²) in [6.07, 6.45) is 0.505. The van der Waals surface area contributed by atoms with Crippen LogP contribution in [-0.4, -0.2) is 18.8 Å². The van der Waals surface area contributed by atoms with E-state index in [0.29, 0.717) is 30.7 Å². The van der Waals surface area contributed by atoms with Crippen molar-refractivity contribution < 1.29 is 14.2 Å². The zero-order valence-electron chi connectivity index (χ0n) is 8.74. The smallest absolute Gasteiger partial charge is 0.123 e. The highest BCUT2D eigenvalue weighted by atomic mass is 19.1. The van der Waals surface area contributed by atoms with Gasteiger partial charge in [0.2, 0.25) is 0 Å². The Morgan fingerprint density at radius 3 is 2.93 bits per heavy atom. The van der Waals surface area contributed by atoms with Crippen molar-refractivity contribution in [3.63, 3.8) is 0 Å². The predicted molar refractivity (Wildman–Crippen MR) is 56.9 cm³/mol. The van der Waals surface area contributed by atoms with Crippen LogP contribution in [0.2, 0.25) is 0 Å². The quantitative estimate of drug-likeness (QED) is 0.580. The third kappa shape index (κ3) is 3.49. The molecular weight excluding hydrogens is 197 g/mol. The number of nitrogen functional groups attached to an aromatic ring is 1. The molecule has 3 N–H and O–H groups in total. The van der Waals surface area contributed by atoms with Crippen molar-refractivity contribution in [2.45, 2.75) is 18.9 Å². The topological polar surface area (TPSA) is 55.5 Å². The molecule has 3 nitrogen and oxygen atoms in total. The van der Waals surface area contributed by atoms with Gasteiger partial charge in [0, 0.05) is 25.0 Å². The van der Waals surface area contributed by atoms with Crippen molar-refractivity contribution in [3.8, 4) is 0 Å². The number of aliphatic hydroxyl groups is 1.